The second kappa shape index (κ2) is 5.78. The summed E-state index contributed by atoms with van der Waals surface area (Å²) < 4.78 is 5.91. The number of aromatic nitrogens is 1. The predicted molar refractivity (Wildman–Crippen MR) is 102 cm³/mol. The summed E-state index contributed by atoms with van der Waals surface area (Å²) in [7, 11) is 0. The molecule has 1 aromatic heterocycles. The van der Waals surface area contributed by atoms with Gasteiger partial charge in [0.2, 0.25) is 0 Å². The van der Waals surface area contributed by atoms with Gasteiger partial charge in [0.1, 0.15) is 5.75 Å². The molecule has 3 aromatic rings. The predicted octanol–water partition coefficient (Wildman–Crippen LogP) is 4.39. The number of carbonyl (C=O) groups excluding carboxylic acids is 1. The third-order valence-electron chi connectivity index (χ3n) is 5.84. The summed E-state index contributed by atoms with van der Waals surface area (Å²) in [5.41, 5.74) is 2.97. The average Bonchev–Trinajstić information content (AvgIpc) is 3.24. The molecule has 3 heterocycles. The minimum Gasteiger partial charge on any atom is -0.492 e. The number of hydrogen-bond donors (Lipinski definition) is 1. The van der Waals surface area contributed by atoms with Crippen LogP contribution in [0.5, 0.6) is 5.75 Å². The Bertz CT molecular complexity index is 1000. The Kier molecular flexibility index (Phi) is 3.50. The lowest BCUT2D eigenvalue weighted by Crippen LogP contribution is -2.46. The van der Waals surface area contributed by atoms with Crippen LogP contribution in [-0.4, -0.2) is 35.5 Å². The van der Waals surface area contributed by atoms with Gasteiger partial charge in [0.25, 0.3) is 5.91 Å². The lowest BCUT2D eigenvalue weighted by molar-refractivity contribution is 0.0648. The third-order valence-corrected chi connectivity index (χ3v) is 6.08. The number of nitrogens with zero attached hydrogens (tertiary/aromatic N) is 1. The van der Waals surface area contributed by atoms with E-state index in [0.29, 0.717) is 5.02 Å². The molecule has 0 radical (unpaired) electrons. The Morgan fingerprint density at radius 1 is 1.15 bits per heavy atom. The number of H-pyrrole nitrogens is 1. The first-order valence-electron chi connectivity index (χ1n) is 8.95. The van der Waals surface area contributed by atoms with Crippen LogP contribution >= 0.6 is 11.6 Å². The molecule has 2 aliphatic heterocycles. The maximum atomic E-state index is 13.1. The van der Waals surface area contributed by atoms with E-state index in [-0.39, 0.29) is 11.3 Å². The maximum absolute atomic E-state index is 13.1. The Morgan fingerprint density at radius 2 is 1.96 bits per heavy atom. The first kappa shape index (κ1) is 15.8. The van der Waals surface area contributed by atoms with Gasteiger partial charge >= 0.3 is 0 Å². The monoisotopic (exact) mass is 366 g/mol. The molecule has 1 N–H and O–H groups in total. The quantitative estimate of drug-likeness (QED) is 0.694. The number of rotatable bonds is 1. The van der Waals surface area contributed by atoms with Gasteiger partial charge in [0.05, 0.1) is 12.2 Å². The standard InChI is InChI=1S/C21H19ClN2O2/c22-14-5-6-15-16(12-23-18(15)11-14)20(25)24-9-7-21(8-10-24)13-26-19-4-2-1-3-17(19)21/h1-6,11-12,23H,7-10,13H2. The number of halogens is 1. The van der Waals surface area contributed by atoms with E-state index in [2.05, 4.69) is 17.1 Å². The van der Waals surface area contributed by atoms with Crippen LogP contribution in [0, 0.1) is 0 Å². The molecule has 5 rings (SSSR count). The Balaban J connectivity index is 1.38. The van der Waals surface area contributed by atoms with Crippen LogP contribution in [0.2, 0.25) is 5.02 Å². The normalized spacial score (nSPS) is 18.1. The number of aromatic amines is 1. The molecule has 1 amide bonds. The number of hydrogen-bond acceptors (Lipinski definition) is 2. The van der Waals surface area contributed by atoms with Gasteiger partial charge < -0.3 is 14.6 Å². The largest absolute Gasteiger partial charge is 0.492 e. The number of carbonyl (C=O) groups is 1. The molecule has 0 saturated carbocycles. The SMILES string of the molecule is O=C(c1c[nH]c2cc(Cl)ccc12)N1CCC2(CC1)COc1ccccc12. The summed E-state index contributed by atoms with van der Waals surface area (Å²) >= 11 is 6.04. The number of amides is 1. The van der Waals surface area contributed by atoms with Gasteiger partial charge in [-0.25, -0.2) is 0 Å². The summed E-state index contributed by atoms with van der Waals surface area (Å²) in [5, 5.41) is 1.59. The molecule has 26 heavy (non-hydrogen) atoms. The molecule has 132 valence electrons. The molecular weight excluding hydrogens is 348 g/mol. The summed E-state index contributed by atoms with van der Waals surface area (Å²) in [6, 6.07) is 13.9. The van der Waals surface area contributed by atoms with Gasteiger partial charge in [0, 0.05) is 46.2 Å². The minimum atomic E-state index is 0.0567. The fourth-order valence-corrected chi connectivity index (χ4v) is 4.49. The first-order valence-corrected chi connectivity index (χ1v) is 9.32. The van der Waals surface area contributed by atoms with Crippen LogP contribution in [0.3, 0.4) is 0 Å². The number of para-hydroxylation sites is 1. The highest BCUT2D eigenvalue weighted by Gasteiger charge is 2.43. The van der Waals surface area contributed by atoms with Crippen LogP contribution in [0.1, 0.15) is 28.8 Å². The summed E-state index contributed by atoms with van der Waals surface area (Å²) in [6.07, 6.45) is 3.66. The van der Waals surface area contributed by atoms with Gasteiger partial charge in [-0.3, -0.25) is 4.79 Å². The second-order valence-electron chi connectivity index (χ2n) is 7.25. The zero-order valence-electron chi connectivity index (χ0n) is 14.3. The van der Waals surface area contributed by atoms with Gasteiger partial charge in [-0.2, -0.15) is 0 Å². The molecule has 0 unspecified atom stereocenters. The van der Waals surface area contributed by atoms with E-state index in [1.165, 1.54) is 5.56 Å². The van der Waals surface area contributed by atoms with E-state index in [1.807, 2.05) is 35.2 Å². The number of fused-ring (bicyclic) bond motifs is 3. The van der Waals surface area contributed by atoms with Crippen molar-refractivity contribution in [2.45, 2.75) is 18.3 Å². The summed E-state index contributed by atoms with van der Waals surface area (Å²) in [5.74, 6) is 1.08. The highest BCUT2D eigenvalue weighted by Crippen LogP contribution is 2.45. The van der Waals surface area contributed by atoms with Gasteiger partial charge in [0.15, 0.2) is 0 Å². The fraction of sp³-hybridized carbons (Fsp3) is 0.286. The van der Waals surface area contributed by atoms with Crippen LogP contribution in [0.15, 0.2) is 48.7 Å². The van der Waals surface area contributed by atoms with Crippen molar-refractivity contribution >= 4 is 28.4 Å². The first-order chi connectivity index (χ1) is 12.7. The minimum absolute atomic E-state index is 0.0567. The average molecular weight is 367 g/mol. The van der Waals surface area contributed by atoms with Gasteiger partial charge in [-0.1, -0.05) is 35.9 Å². The van der Waals surface area contributed by atoms with Crippen molar-refractivity contribution in [1.29, 1.82) is 0 Å². The topological polar surface area (TPSA) is 45.3 Å². The highest BCUT2D eigenvalue weighted by atomic mass is 35.5. The van der Waals surface area contributed by atoms with E-state index in [9.17, 15) is 4.79 Å². The number of piperidine rings is 1. The molecular formula is C21H19ClN2O2. The van der Waals surface area contributed by atoms with Gasteiger partial charge in [-0.05, 0) is 31.0 Å². The molecule has 0 atom stereocenters. The van der Waals surface area contributed by atoms with Crippen molar-refractivity contribution in [3.05, 3.63) is 64.8 Å². The summed E-state index contributed by atoms with van der Waals surface area (Å²) in [4.78, 5) is 18.2. The molecule has 1 saturated heterocycles. The molecule has 1 spiro atoms. The van der Waals surface area contributed by atoms with E-state index < -0.39 is 0 Å². The van der Waals surface area contributed by atoms with Crippen LogP contribution in [0.4, 0.5) is 0 Å². The van der Waals surface area contributed by atoms with Crippen LogP contribution < -0.4 is 4.74 Å². The molecule has 1 fully saturated rings. The number of benzene rings is 2. The molecule has 0 bridgehead atoms. The summed E-state index contributed by atoms with van der Waals surface area (Å²) in [6.45, 7) is 2.22. The van der Waals surface area contributed by atoms with E-state index in [1.54, 1.807) is 6.20 Å². The molecule has 2 aliphatic rings. The van der Waals surface area contributed by atoms with Crippen molar-refractivity contribution < 1.29 is 9.53 Å². The van der Waals surface area contributed by atoms with E-state index in [0.717, 1.165) is 54.8 Å². The van der Waals surface area contributed by atoms with E-state index >= 15 is 0 Å². The maximum Gasteiger partial charge on any atom is 0.256 e. The highest BCUT2D eigenvalue weighted by molar-refractivity contribution is 6.31. The smallest absolute Gasteiger partial charge is 0.256 e. The lowest BCUT2D eigenvalue weighted by atomic mass is 9.74. The van der Waals surface area contributed by atoms with Crippen LogP contribution in [-0.2, 0) is 5.41 Å². The zero-order chi connectivity index (χ0) is 17.7. The van der Waals surface area contributed by atoms with Crippen molar-refractivity contribution in [3.63, 3.8) is 0 Å². The van der Waals surface area contributed by atoms with Crippen molar-refractivity contribution in [2.24, 2.45) is 0 Å². The number of nitrogens with one attached hydrogen (secondary N) is 1. The number of likely N-dealkylation sites (tertiary alicyclic amines) is 1. The molecule has 4 nitrogen and oxygen atoms in total. The van der Waals surface area contributed by atoms with Crippen molar-refractivity contribution in [3.8, 4) is 5.75 Å². The van der Waals surface area contributed by atoms with Gasteiger partial charge in [-0.15, -0.1) is 0 Å². The Morgan fingerprint density at radius 3 is 2.81 bits per heavy atom. The third kappa shape index (κ3) is 2.32. The van der Waals surface area contributed by atoms with Crippen LogP contribution in [0.25, 0.3) is 10.9 Å². The second-order valence-corrected chi connectivity index (χ2v) is 7.69. The molecule has 2 aromatic carbocycles. The van der Waals surface area contributed by atoms with Crippen molar-refractivity contribution in [2.75, 3.05) is 19.7 Å². The Labute approximate surface area is 156 Å². The molecule has 5 heteroatoms. The zero-order valence-corrected chi connectivity index (χ0v) is 15.1. The Hall–Kier alpha value is -2.46. The van der Waals surface area contributed by atoms with Crippen molar-refractivity contribution in [1.82, 2.24) is 9.88 Å². The van der Waals surface area contributed by atoms with E-state index in [4.69, 9.17) is 16.3 Å². The molecule has 0 aliphatic carbocycles. The lowest BCUT2D eigenvalue weighted by Gasteiger charge is -2.38. The number of ether oxygens (including phenoxy) is 1. The fourth-order valence-electron chi connectivity index (χ4n) is 4.32.